The van der Waals surface area contributed by atoms with Gasteiger partial charge in [-0.25, -0.2) is 0 Å². The van der Waals surface area contributed by atoms with E-state index >= 15 is 0 Å². The van der Waals surface area contributed by atoms with Crippen molar-refractivity contribution in [3.63, 3.8) is 0 Å². The van der Waals surface area contributed by atoms with Gasteiger partial charge in [-0.05, 0) is 32.6 Å². The van der Waals surface area contributed by atoms with Gasteiger partial charge in [0.2, 0.25) is 0 Å². The first-order valence-electron chi connectivity index (χ1n) is 8.51. The van der Waals surface area contributed by atoms with Gasteiger partial charge in [0.15, 0.2) is 5.69 Å². The van der Waals surface area contributed by atoms with E-state index in [4.69, 9.17) is 4.52 Å². The first kappa shape index (κ1) is 17.6. The molecule has 3 heterocycles. The van der Waals surface area contributed by atoms with E-state index in [0.717, 1.165) is 26.2 Å². The van der Waals surface area contributed by atoms with E-state index in [1.807, 2.05) is 12.3 Å². The number of hydrogen-bond donors (Lipinski definition) is 1. The van der Waals surface area contributed by atoms with Gasteiger partial charge in [-0.2, -0.15) is 0 Å². The average molecular weight is 343 g/mol. The molecule has 1 saturated heterocycles. The molecule has 134 valence electrons. The van der Waals surface area contributed by atoms with E-state index < -0.39 is 0 Å². The molecular formula is C18H25N5O2. The third-order valence-electron chi connectivity index (χ3n) is 4.42. The van der Waals surface area contributed by atoms with Gasteiger partial charge < -0.3 is 14.7 Å². The SMILES string of the molecule is Cc1cc(C(=O)N[C@@H]2CN(Cc3cccnc3)C[C@H]2CN(C)C)no1. The second-order valence-electron chi connectivity index (χ2n) is 6.98. The van der Waals surface area contributed by atoms with E-state index in [1.54, 1.807) is 19.2 Å². The first-order valence-corrected chi connectivity index (χ1v) is 8.51. The molecule has 7 heteroatoms. The van der Waals surface area contributed by atoms with Crippen LogP contribution in [0, 0.1) is 12.8 Å². The molecule has 1 aliphatic heterocycles. The summed E-state index contributed by atoms with van der Waals surface area (Å²) in [4.78, 5) is 21.1. The Balaban J connectivity index is 1.66. The molecule has 1 fully saturated rings. The summed E-state index contributed by atoms with van der Waals surface area (Å²) in [5.41, 5.74) is 1.53. The van der Waals surface area contributed by atoms with E-state index in [9.17, 15) is 4.79 Å². The number of aromatic nitrogens is 2. The number of amides is 1. The molecule has 2 atom stereocenters. The van der Waals surface area contributed by atoms with E-state index in [-0.39, 0.29) is 11.9 Å². The maximum Gasteiger partial charge on any atom is 0.273 e. The summed E-state index contributed by atoms with van der Waals surface area (Å²) in [6.45, 7) is 5.30. The molecule has 0 aromatic carbocycles. The minimum absolute atomic E-state index is 0.0866. The lowest BCUT2D eigenvalue weighted by Crippen LogP contribution is -2.43. The molecule has 2 aromatic heterocycles. The summed E-state index contributed by atoms with van der Waals surface area (Å²) in [6.07, 6.45) is 3.68. The van der Waals surface area contributed by atoms with Gasteiger partial charge in [0, 0.05) is 56.6 Å². The highest BCUT2D eigenvalue weighted by atomic mass is 16.5. The van der Waals surface area contributed by atoms with Crippen molar-refractivity contribution in [1.82, 2.24) is 25.3 Å². The molecule has 0 radical (unpaired) electrons. The van der Waals surface area contributed by atoms with Gasteiger partial charge in [-0.3, -0.25) is 14.7 Å². The number of nitrogens with one attached hydrogen (secondary N) is 1. The van der Waals surface area contributed by atoms with Gasteiger partial charge in [0.05, 0.1) is 0 Å². The summed E-state index contributed by atoms with van der Waals surface area (Å²) in [5.74, 6) is 0.831. The van der Waals surface area contributed by atoms with Crippen LogP contribution in [-0.2, 0) is 6.54 Å². The van der Waals surface area contributed by atoms with Crippen molar-refractivity contribution >= 4 is 5.91 Å². The number of nitrogens with zero attached hydrogens (tertiary/aromatic N) is 4. The van der Waals surface area contributed by atoms with Gasteiger partial charge >= 0.3 is 0 Å². The topological polar surface area (TPSA) is 74.5 Å². The van der Waals surface area contributed by atoms with Crippen LogP contribution < -0.4 is 5.32 Å². The van der Waals surface area contributed by atoms with Crippen LogP contribution in [0.3, 0.4) is 0 Å². The van der Waals surface area contributed by atoms with Crippen LogP contribution in [0.5, 0.6) is 0 Å². The molecule has 0 saturated carbocycles. The lowest BCUT2D eigenvalue weighted by atomic mass is 10.0. The molecule has 2 aromatic rings. The summed E-state index contributed by atoms with van der Waals surface area (Å²) in [7, 11) is 4.12. The minimum atomic E-state index is -0.172. The van der Waals surface area contributed by atoms with Crippen LogP contribution in [0.2, 0.25) is 0 Å². The molecule has 0 aliphatic carbocycles. The Kier molecular flexibility index (Phi) is 5.45. The van der Waals surface area contributed by atoms with Gasteiger partial charge in [-0.1, -0.05) is 11.2 Å². The summed E-state index contributed by atoms with van der Waals surface area (Å²) in [6, 6.07) is 5.79. The normalized spacial score (nSPS) is 21.0. The maximum atomic E-state index is 12.4. The van der Waals surface area contributed by atoms with Crippen LogP contribution in [0.25, 0.3) is 0 Å². The Morgan fingerprint density at radius 3 is 2.92 bits per heavy atom. The fourth-order valence-corrected chi connectivity index (χ4v) is 3.37. The lowest BCUT2D eigenvalue weighted by molar-refractivity contribution is 0.0917. The third kappa shape index (κ3) is 4.64. The fourth-order valence-electron chi connectivity index (χ4n) is 3.37. The molecule has 1 N–H and O–H groups in total. The third-order valence-corrected chi connectivity index (χ3v) is 4.42. The second kappa shape index (κ2) is 7.76. The molecule has 25 heavy (non-hydrogen) atoms. The molecule has 7 nitrogen and oxygen atoms in total. The van der Waals surface area contributed by atoms with Crippen molar-refractivity contribution < 1.29 is 9.32 Å². The Labute approximate surface area is 148 Å². The monoisotopic (exact) mass is 343 g/mol. The van der Waals surface area contributed by atoms with Crippen LogP contribution in [0.4, 0.5) is 0 Å². The zero-order valence-electron chi connectivity index (χ0n) is 15.0. The van der Waals surface area contributed by atoms with Crippen LogP contribution in [0.1, 0.15) is 21.8 Å². The molecule has 0 spiro atoms. The van der Waals surface area contributed by atoms with Gasteiger partial charge in [-0.15, -0.1) is 0 Å². The van der Waals surface area contributed by atoms with Crippen molar-refractivity contribution in [3.8, 4) is 0 Å². The molecule has 0 bridgehead atoms. The summed E-state index contributed by atoms with van der Waals surface area (Å²) in [5, 5.41) is 6.95. The van der Waals surface area contributed by atoms with Crippen LogP contribution in [0.15, 0.2) is 35.1 Å². The summed E-state index contributed by atoms with van der Waals surface area (Å²) >= 11 is 0. The van der Waals surface area contributed by atoms with E-state index in [2.05, 4.69) is 45.4 Å². The number of carbonyl (C=O) groups excluding carboxylic acids is 1. The van der Waals surface area contributed by atoms with Crippen molar-refractivity contribution in [1.29, 1.82) is 0 Å². The second-order valence-corrected chi connectivity index (χ2v) is 6.98. The zero-order chi connectivity index (χ0) is 17.8. The molecular weight excluding hydrogens is 318 g/mol. The predicted octanol–water partition coefficient (Wildman–Crippen LogP) is 1.17. The van der Waals surface area contributed by atoms with Gasteiger partial charge in [0.1, 0.15) is 5.76 Å². The predicted molar refractivity (Wildman–Crippen MR) is 94.1 cm³/mol. The number of hydrogen-bond acceptors (Lipinski definition) is 6. The quantitative estimate of drug-likeness (QED) is 0.849. The Bertz CT molecular complexity index is 701. The van der Waals surface area contributed by atoms with Crippen molar-refractivity contribution in [2.24, 2.45) is 5.92 Å². The smallest absolute Gasteiger partial charge is 0.273 e. The minimum Gasteiger partial charge on any atom is -0.361 e. The number of carbonyl (C=O) groups is 1. The maximum absolute atomic E-state index is 12.4. The Morgan fingerprint density at radius 1 is 1.44 bits per heavy atom. The van der Waals surface area contributed by atoms with Crippen molar-refractivity contribution in [3.05, 3.63) is 47.6 Å². The van der Waals surface area contributed by atoms with Crippen molar-refractivity contribution in [2.45, 2.75) is 19.5 Å². The molecule has 0 unspecified atom stereocenters. The van der Waals surface area contributed by atoms with Crippen LogP contribution >= 0.6 is 0 Å². The molecule has 1 aliphatic rings. The van der Waals surface area contributed by atoms with E-state index in [1.165, 1.54) is 5.56 Å². The average Bonchev–Trinajstić information content (AvgIpc) is 3.15. The standard InChI is InChI=1S/C18H25N5O2/c1-13-7-16(21-25-13)18(24)20-17-12-23(11-15(17)10-22(2)3)9-14-5-4-6-19-8-14/h4-8,15,17H,9-12H2,1-3H3,(H,20,24)/t15-,17-/m1/s1. The molecule has 1 amide bonds. The fraction of sp³-hybridized carbons (Fsp3) is 0.500. The first-order chi connectivity index (χ1) is 12.0. The number of rotatable bonds is 6. The molecule has 3 rings (SSSR count). The number of pyridine rings is 1. The van der Waals surface area contributed by atoms with Crippen LogP contribution in [-0.4, -0.2) is 65.6 Å². The lowest BCUT2D eigenvalue weighted by Gasteiger charge is -2.22. The number of likely N-dealkylation sites (tertiary alicyclic amines) is 1. The highest BCUT2D eigenvalue weighted by Crippen LogP contribution is 2.20. The highest BCUT2D eigenvalue weighted by molar-refractivity contribution is 5.92. The summed E-state index contributed by atoms with van der Waals surface area (Å²) < 4.78 is 5.01. The zero-order valence-corrected chi connectivity index (χ0v) is 15.0. The highest BCUT2D eigenvalue weighted by Gasteiger charge is 2.34. The number of aryl methyl sites for hydroxylation is 1. The van der Waals surface area contributed by atoms with E-state index in [0.29, 0.717) is 17.4 Å². The van der Waals surface area contributed by atoms with Crippen molar-refractivity contribution in [2.75, 3.05) is 33.7 Å². The van der Waals surface area contributed by atoms with Gasteiger partial charge in [0.25, 0.3) is 5.91 Å². The largest absolute Gasteiger partial charge is 0.361 e. The Hall–Kier alpha value is -2.25. The Morgan fingerprint density at radius 2 is 2.28 bits per heavy atom.